The van der Waals surface area contributed by atoms with Gasteiger partial charge in [-0.2, -0.15) is 0 Å². The molecule has 0 aromatic heterocycles. The fourth-order valence-electron chi connectivity index (χ4n) is 0. The van der Waals surface area contributed by atoms with Crippen LogP contribution < -0.4 is 34.7 Å². The van der Waals surface area contributed by atoms with Gasteiger partial charge in [0.15, 0.2) is 0 Å². The smallest absolute Gasteiger partial charge is 0.550 e. The maximum Gasteiger partial charge on any atom is 1.00 e. The monoisotopic (exact) mass is 382 g/mol. The van der Waals surface area contributed by atoms with Crippen molar-refractivity contribution in [3.8, 4) is 0 Å². The maximum atomic E-state index is 9.00. The maximum absolute atomic E-state index is 9.00. The second-order valence-corrected chi connectivity index (χ2v) is 3.09. The van der Waals surface area contributed by atoms with Crippen LogP contribution in [0.2, 0.25) is 0 Å². The predicted octanol–water partition coefficient (Wildman–Crippen LogP) is -3.79. The van der Waals surface area contributed by atoms with Gasteiger partial charge >= 0.3 is 29.6 Å². The van der Waals surface area contributed by atoms with Gasteiger partial charge in [-0.1, -0.05) is 0 Å². The molecule has 0 saturated heterocycles. The van der Waals surface area contributed by atoms with E-state index in [4.69, 9.17) is 59.4 Å². The molecule has 0 rings (SSSR count). The van der Waals surface area contributed by atoms with Crippen LogP contribution in [0.4, 0.5) is 0 Å². The molecule has 0 aliphatic carbocycles. The van der Waals surface area contributed by atoms with E-state index in [-0.39, 0.29) is 29.6 Å². The molecule has 0 atom stereocenters. The minimum absolute atomic E-state index is 0. The molecule has 12 nitrogen and oxygen atoms in total. The van der Waals surface area contributed by atoms with E-state index in [0.29, 0.717) is 0 Å². The summed E-state index contributed by atoms with van der Waals surface area (Å²) >= 11 is 0. The minimum Gasteiger partial charge on any atom is -0.550 e. The molecule has 13 heteroatoms. The molecule has 0 saturated carbocycles. The second kappa shape index (κ2) is 37.8. The first-order valence-corrected chi connectivity index (χ1v) is 5.55. The number of carbonyl (C=O) groups excluding carboxylic acids is 1. The number of hydrogen-bond donors (Lipinski definition) is 5. The summed E-state index contributed by atoms with van der Waals surface area (Å²) in [6.45, 7) is 6.39. The van der Waals surface area contributed by atoms with Crippen molar-refractivity contribution in [2.75, 3.05) is 0 Å². The van der Waals surface area contributed by atoms with Crippen LogP contribution in [0.3, 0.4) is 0 Å². The summed E-state index contributed by atoms with van der Waals surface area (Å²) in [5.41, 5.74) is 0. The van der Waals surface area contributed by atoms with Gasteiger partial charge in [0.05, 0.1) is 0 Å². The van der Waals surface area contributed by atoms with Crippen molar-refractivity contribution in [1.82, 2.24) is 0 Å². The van der Waals surface area contributed by atoms with Gasteiger partial charge in [-0.05, 0) is 6.92 Å². The first kappa shape index (κ1) is 43.4. The van der Waals surface area contributed by atoms with Gasteiger partial charge in [0, 0.05) is 40.6 Å². The Balaban J connectivity index is -0.0000000309. The standard InChI is InChI=1S/6C2H4O2.Na/c6*1-2(3)4;/h6*1H3,(H,3,4);/q;;;;;;+1/p-1. The van der Waals surface area contributed by atoms with Crippen molar-refractivity contribution in [2.45, 2.75) is 41.5 Å². The van der Waals surface area contributed by atoms with Crippen molar-refractivity contribution in [2.24, 2.45) is 0 Å². The second-order valence-electron chi connectivity index (χ2n) is 3.09. The zero-order valence-electron chi connectivity index (χ0n) is 15.1. The van der Waals surface area contributed by atoms with Crippen LogP contribution in [-0.4, -0.2) is 61.3 Å². The summed E-state index contributed by atoms with van der Waals surface area (Å²) in [5, 5.41) is 46.0. The number of hydrogen-bond acceptors (Lipinski definition) is 7. The van der Waals surface area contributed by atoms with Gasteiger partial charge < -0.3 is 35.4 Å². The number of carboxylic acids is 6. The normalized spacial score (nSPS) is 6.00. The van der Waals surface area contributed by atoms with Gasteiger partial charge in [-0.25, -0.2) is 0 Å². The number of carboxylic acid groups (broad SMARTS) is 6. The molecule has 0 aromatic rings. The van der Waals surface area contributed by atoms with Crippen molar-refractivity contribution in [3.05, 3.63) is 0 Å². The van der Waals surface area contributed by atoms with Crippen molar-refractivity contribution in [1.29, 1.82) is 0 Å². The molecular formula is C12H23NaO12. The van der Waals surface area contributed by atoms with Crippen LogP contribution in [0.25, 0.3) is 0 Å². The summed E-state index contributed by atoms with van der Waals surface area (Å²) in [6, 6.07) is 0. The summed E-state index contributed by atoms with van der Waals surface area (Å²) in [5.74, 6) is -5.25. The Bertz CT molecular complexity index is 261. The van der Waals surface area contributed by atoms with Crippen LogP contribution in [0.5, 0.6) is 0 Å². The van der Waals surface area contributed by atoms with E-state index in [1.54, 1.807) is 0 Å². The Kier molecular flexibility index (Phi) is 65.6. The SMILES string of the molecule is CC(=O)O.CC(=O)O.CC(=O)O.CC(=O)O.CC(=O)O.CC(=O)[O-].[Na+]. The Morgan fingerprint density at radius 3 is 0.480 bits per heavy atom. The molecule has 5 N–H and O–H groups in total. The molecule has 0 spiro atoms. The summed E-state index contributed by atoms with van der Waals surface area (Å²) in [6.07, 6.45) is 0. The third-order valence-electron chi connectivity index (χ3n) is 0. The zero-order valence-corrected chi connectivity index (χ0v) is 17.1. The Morgan fingerprint density at radius 2 is 0.480 bits per heavy atom. The predicted molar refractivity (Wildman–Crippen MR) is 77.2 cm³/mol. The van der Waals surface area contributed by atoms with Gasteiger partial charge in [-0.15, -0.1) is 0 Å². The van der Waals surface area contributed by atoms with Gasteiger partial charge in [0.2, 0.25) is 0 Å². The largest absolute Gasteiger partial charge is 1.00 e. The van der Waals surface area contributed by atoms with Gasteiger partial charge in [0.1, 0.15) is 0 Å². The number of carbonyl (C=O) groups is 6. The molecule has 0 amide bonds. The van der Waals surface area contributed by atoms with Crippen molar-refractivity contribution in [3.63, 3.8) is 0 Å². The van der Waals surface area contributed by atoms with Crippen LogP contribution in [0.1, 0.15) is 41.5 Å². The van der Waals surface area contributed by atoms with Gasteiger partial charge in [0.25, 0.3) is 29.8 Å². The summed E-state index contributed by atoms with van der Waals surface area (Å²) in [7, 11) is 0. The third kappa shape index (κ3) is 1800. The molecule has 0 radical (unpaired) electrons. The number of aliphatic carboxylic acids is 6. The molecule has 0 aliphatic rings. The van der Waals surface area contributed by atoms with Crippen molar-refractivity contribution < 1.29 is 89.0 Å². The molecule has 144 valence electrons. The molecule has 0 unspecified atom stereocenters. The summed E-state index contributed by atoms with van der Waals surface area (Å²) < 4.78 is 0. The fourth-order valence-corrected chi connectivity index (χ4v) is 0. The molecule has 0 aromatic carbocycles. The molecule has 0 fully saturated rings. The Labute approximate surface area is 166 Å². The minimum atomic E-state index is -1.08. The molecule has 0 aliphatic heterocycles. The van der Waals surface area contributed by atoms with E-state index in [2.05, 4.69) is 0 Å². The van der Waals surface area contributed by atoms with Crippen molar-refractivity contribution >= 4 is 35.8 Å². The first-order chi connectivity index (χ1) is 10.4. The molecule has 0 heterocycles. The van der Waals surface area contributed by atoms with E-state index < -0.39 is 35.8 Å². The quantitative estimate of drug-likeness (QED) is 0.254. The zero-order chi connectivity index (χ0) is 21.5. The van der Waals surface area contributed by atoms with Crippen LogP contribution >= 0.6 is 0 Å². The van der Waals surface area contributed by atoms with Crippen LogP contribution in [0, 0.1) is 0 Å². The van der Waals surface area contributed by atoms with E-state index in [9.17, 15) is 0 Å². The summed E-state index contributed by atoms with van der Waals surface area (Å²) in [4.78, 5) is 53.9. The topological polar surface area (TPSA) is 227 Å². The average molecular weight is 382 g/mol. The van der Waals surface area contributed by atoms with Crippen LogP contribution in [0.15, 0.2) is 0 Å². The van der Waals surface area contributed by atoms with Gasteiger partial charge in [-0.3, -0.25) is 24.0 Å². The molecule has 25 heavy (non-hydrogen) atoms. The Morgan fingerprint density at radius 1 is 0.480 bits per heavy atom. The first-order valence-electron chi connectivity index (χ1n) is 5.55. The fraction of sp³-hybridized carbons (Fsp3) is 0.500. The average Bonchev–Trinajstić information content (AvgIpc) is 2.08. The third-order valence-corrected chi connectivity index (χ3v) is 0. The number of rotatable bonds is 0. The molecular weight excluding hydrogens is 359 g/mol. The molecule has 0 bridgehead atoms. The van der Waals surface area contributed by atoms with E-state index in [1.807, 2.05) is 0 Å². The van der Waals surface area contributed by atoms with Crippen LogP contribution in [-0.2, 0) is 28.8 Å². The Hall–Kier alpha value is -2.18. The van der Waals surface area contributed by atoms with E-state index in [1.165, 1.54) is 0 Å². The van der Waals surface area contributed by atoms with E-state index >= 15 is 0 Å². The van der Waals surface area contributed by atoms with E-state index in [0.717, 1.165) is 41.5 Å².